The quantitative estimate of drug-likeness (QED) is 0.447. The van der Waals surface area contributed by atoms with E-state index in [2.05, 4.69) is 0 Å². The molecule has 0 aromatic heterocycles. The Morgan fingerprint density at radius 3 is 2.12 bits per heavy atom. The third kappa shape index (κ3) is 3.60. The first-order chi connectivity index (χ1) is 11.1. The van der Waals surface area contributed by atoms with E-state index in [4.69, 9.17) is 15.8 Å². The number of nitro benzene ring substituents is 2. The first-order valence-corrected chi connectivity index (χ1v) is 8.04. The van der Waals surface area contributed by atoms with Gasteiger partial charge in [0.1, 0.15) is 10.6 Å². The van der Waals surface area contributed by atoms with E-state index >= 15 is 0 Å². The largest absolute Gasteiger partial charge is 0.379 e. The van der Waals surface area contributed by atoms with E-state index < -0.39 is 30.5 Å². The predicted octanol–water partition coefficient (Wildman–Crippen LogP) is 3.23. The number of hydrogen-bond acceptors (Lipinski definition) is 7. The number of nitrogens with zero attached hydrogens (tertiary/aromatic N) is 2. The predicted molar refractivity (Wildman–Crippen MR) is 83.8 cm³/mol. The van der Waals surface area contributed by atoms with Gasteiger partial charge in [0.05, 0.1) is 14.9 Å². The van der Waals surface area contributed by atoms with Crippen LogP contribution in [0.25, 0.3) is 0 Å². The van der Waals surface area contributed by atoms with Crippen LogP contribution in [-0.4, -0.2) is 18.3 Å². The molecule has 0 bridgehead atoms. The molecule has 0 spiro atoms. The summed E-state index contributed by atoms with van der Waals surface area (Å²) in [5.74, 6) is -0.181. The molecule has 0 N–H and O–H groups in total. The normalized spacial score (nSPS) is 11.1. The summed E-state index contributed by atoms with van der Waals surface area (Å²) < 4.78 is 29.3. The molecule has 0 unspecified atom stereocenters. The number of hydrogen-bond donors (Lipinski definition) is 0. The van der Waals surface area contributed by atoms with Crippen LogP contribution in [0, 0.1) is 27.2 Å². The fourth-order valence-electron chi connectivity index (χ4n) is 1.77. The zero-order valence-corrected chi connectivity index (χ0v) is 13.6. The smallest absolute Gasteiger partial charge is 0.339 e. The van der Waals surface area contributed by atoms with E-state index in [9.17, 15) is 28.6 Å². The highest BCUT2D eigenvalue weighted by atomic mass is 35.5. The molecule has 9 nitrogen and oxygen atoms in total. The summed E-state index contributed by atoms with van der Waals surface area (Å²) in [4.78, 5) is 19.6. The van der Waals surface area contributed by atoms with Crippen LogP contribution in [0.1, 0.15) is 5.56 Å². The van der Waals surface area contributed by atoms with Gasteiger partial charge in [0, 0.05) is 23.8 Å². The van der Waals surface area contributed by atoms with Gasteiger partial charge in [-0.1, -0.05) is 11.6 Å². The molecule has 2 aromatic rings. The second-order valence-electron chi connectivity index (χ2n) is 4.59. The minimum absolute atomic E-state index is 0.102. The van der Waals surface area contributed by atoms with Crippen LogP contribution in [0.3, 0.4) is 0 Å². The van der Waals surface area contributed by atoms with Gasteiger partial charge in [-0.2, -0.15) is 8.42 Å². The van der Waals surface area contributed by atoms with Crippen molar-refractivity contribution in [3.8, 4) is 5.75 Å². The van der Waals surface area contributed by atoms with Crippen LogP contribution in [0.4, 0.5) is 11.4 Å². The lowest BCUT2D eigenvalue weighted by Crippen LogP contribution is -2.10. The highest BCUT2D eigenvalue weighted by molar-refractivity contribution is 7.87. The minimum atomic E-state index is -4.40. The zero-order chi connectivity index (χ0) is 18.1. The number of non-ortho nitro benzene ring substituents is 1. The topological polar surface area (TPSA) is 130 Å². The summed E-state index contributed by atoms with van der Waals surface area (Å²) in [6.07, 6.45) is 0. The number of benzene rings is 2. The molecule has 126 valence electrons. The molecule has 0 atom stereocenters. The zero-order valence-electron chi connectivity index (χ0n) is 12.0. The molecule has 2 rings (SSSR count). The van der Waals surface area contributed by atoms with Gasteiger partial charge in [-0.05, 0) is 25.1 Å². The molecule has 11 heteroatoms. The van der Waals surface area contributed by atoms with Gasteiger partial charge < -0.3 is 4.18 Å². The molecule has 24 heavy (non-hydrogen) atoms. The second kappa shape index (κ2) is 6.42. The monoisotopic (exact) mass is 372 g/mol. The van der Waals surface area contributed by atoms with Crippen molar-refractivity contribution in [1.29, 1.82) is 0 Å². The molecular formula is C13H9ClN2O7S. The van der Waals surface area contributed by atoms with Crippen LogP contribution < -0.4 is 4.18 Å². The third-order valence-electron chi connectivity index (χ3n) is 3.03. The summed E-state index contributed by atoms with van der Waals surface area (Å²) in [5.41, 5.74) is -0.585. The first-order valence-electron chi connectivity index (χ1n) is 6.25. The Balaban J connectivity index is 2.40. The lowest BCUT2D eigenvalue weighted by atomic mass is 10.2. The van der Waals surface area contributed by atoms with Gasteiger partial charge >= 0.3 is 10.1 Å². The van der Waals surface area contributed by atoms with Crippen molar-refractivity contribution in [1.82, 2.24) is 0 Å². The summed E-state index contributed by atoms with van der Waals surface area (Å²) in [5, 5.41) is 21.4. The molecule has 0 aliphatic rings. The molecule has 0 heterocycles. The van der Waals surface area contributed by atoms with Crippen molar-refractivity contribution < 1.29 is 22.4 Å². The van der Waals surface area contributed by atoms with Gasteiger partial charge in [0.2, 0.25) is 0 Å². The fraction of sp³-hybridized carbons (Fsp3) is 0.0769. The number of nitro groups is 2. The fourth-order valence-corrected chi connectivity index (χ4v) is 3.03. The van der Waals surface area contributed by atoms with Gasteiger partial charge in [-0.15, -0.1) is 0 Å². The Hall–Kier alpha value is -2.72. The Labute approximate surface area is 140 Å². The maximum absolute atomic E-state index is 12.2. The molecule has 0 aliphatic carbocycles. The average molecular weight is 373 g/mol. The number of rotatable bonds is 5. The summed E-state index contributed by atoms with van der Waals surface area (Å²) in [6, 6.07) is 6.19. The van der Waals surface area contributed by atoms with E-state index in [1.54, 1.807) is 0 Å². The maximum Gasteiger partial charge on any atom is 0.339 e. The van der Waals surface area contributed by atoms with E-state index in [0.717, 1.165) is 36.4 Å². The van der Waals surface area contributed by atoms with Gasteiger partial charge in [-0.3, -0.25) is 20.2 Å². The molecule has 0 aliphatic heterocycles. The van der Waals surface area contributed by atoms with E-state index in [0.29, 0.717) is 0 Å². The van der Waals surface area contributed by atoms with Gasteiger partial charge in [0.25, 0.3) is 11.4 Å². The Kier molecular flexibility index (Phi) is 4.71. The van der Waals surface area contributed by atoms with Crippen molar-refractivity contribution in [3.05, 3.63) is 67.2 Å². The molecule has 0 radical (unpaired) electrons. The Morgan fingerprint density at radius 2 is 1.62 bits per heavy atom. The van der Waals surface area contributed by atoms with Crippen LogP contribution in [0.5, 0.6) is 5.75 Å². The first kappa shape index (κ1) is 17.6. The lowest BCUT2D eigenvalue weighted by Gasteiger charge is -2.08. The van der Waals surface area contributed by atoms with Crippen molar-refractivity contribution in [2.75, 3.05) is 0 Å². The lowest BCUT2D eigenvalue weighted by molar-refractivity contribution is -0.385. The van der Waals surface area contributed by atoms with Crippen LogP contribution in [0.2, 0.25) is 5.02 Å². The van der Waals surface area contributed by atoms with Crippen molar-refractivity contribution in [2.24, 2.45) is 0 Å². The molecule has 0 saturated carbocycles. The average Bonchev–Trinajstić information content (AvgIpc) is 2.49. The summed E-state index contributed by atoms with van der Waals surface area (Å²) in [7, 11) is -4.40. The molecule has 0 saturated heterocycles. The van der Waals surface area contributed by atoms with Crippen LogP contribution in [-0.2, 0) is 10.1 Å². The summed E-state index contributed by atoms with van der Waals surface area (Å²) in [6.45, 7) is 1.38. The highest BCUT2D eigenvalue weighted by Crippen LogP contribution is 2.31. The summed E-state index contributed by atoms with van der Waals surface area (Å²) >= 11 is 5.83. The van der Waals surface area contributed by atoms with Crippen molar-refractivity contribution in [3.63, 3.8) is 0 Å². The van der Waals surface area contributed by atoms with Crippen molar-refractivity contribution in [2.45, 2.75) is 11.8 Å². The van der Waals surface area contributed by atoms with Gasteiger partial charge in [-0.25, -0.2) is 0 Å². The Morgan fingerprint density at radius 1 is 1.04 bits per heavy atom. The minimum Gasteiger partial charge on any atom is -0.379 e. The SMILES string of the molecule is Cc1c(Cl)cc(S(=O)(=O)Oc2ccc([N+](=O)[O-])cc2)cc1[N+](=O)[O-]. The molecule has 0 fully saturated rings. The standard InChI is InChI=1S/C13H9ClN2O7S/c1-8-12(14)6-11(7-13(8)16(19)20)24(21,22)23-10-4-2-9(3-5-10)15(17)18/h2-7H,1H3. The third-order valence-corrected chi connectivity index (χ3v) is 4.65. The van der Waals surface area contributed by atoms with Crippen LogP contribution >= 0.6 is 11.6 Å². The highest BCUT2D eigenvalue weighted by Gasteiger charge is 2.24. The van der Waals surface area contributed by atoms with E-state index in [1.165, 1.54) is 6.92 Å². The van der Waals surface area contributed by atoms with E-state index in [-0.39, 0.29) is 22.0 Å². The van der Waals surface area contributed by atoms with Crippen molar-refractivity contribution >= 4 is 33.1 Å². The molecule has 2 aromatic carbocycles. The van der Waals surface area contributed by atoms with Crippen LogP contribution in [0.15, 0.2) is 41.3 Å². The molecular weight excluding hydrogens is 364 g/mol. The maximum atomic E-state index is 12.2. The molecule has 0 amide bonds. The van der Waals surface area contributed by atoms with Gasteiger partial charge in [0.15, 0.2) is 0 Å². The van der Waals surface area contributed by atoms with E-state index in [1.807, 2.05) is 0 Å². The second-order valence-corrected chi connectivity index (χ2v) is 6.55. The Bertz CT molecular complexity index is 926. The number of halogens is 1.